The van der Waals surface area contributed by atoms with Gasteiger partial charge in [-0.1, -0.05) is 13.0 Å². The molecule has 0 aliphatic heterocycles. The first-order valence-electron chi connectivity index (χ1n) is 7.31. The van der Waals surface area contributed by atoms with Crippen LogP contribution in [0, 0.1) is 0 Å². The summed E-state index contributed by atoms with van der Waals surface area (Å²) < 4.78 is 10.9. The maximum Gasteiger partial charge on any atom is 0.260 e. The Labute approximate surface area is 127 Å². The number of nitrogens with one attached hydrogen (secondary N) is 1. The third-order valence-electron chi connectivity index (χ3n) is 3.45. The zero-order valence-electron chi connectivity index (χ0n) is 13.6. The molecule has 0 fully saturated rings. The van der Waals surface area contributed by atoms with Crippen LogP contribution in [0.4, 0.5) is 0 Å². The van der Waals surface area contributed by atoms with Crippen LogP contribution in [0.2, 0.25) is 0 Å². The largest absolute Gasteiger partial charge is 0.497 e. The zero-order valence-corrected chi connectivity index (χ0v) is 13.6. The quantitative estimate of drug-likeness (QED) is 0.799. The number of likely N-dealkylation sites (N-methyl/N-ethyl adjacent to an activating group) is 1. The number of amides is 1. The Morgan fingerprint density at radius 1 is 1.38 bits per heavy atom. The molecule has 0 radical (unpaired) electrons. The normalized spacial score (nSPS) is 11.9. The topological polar surface area (TPSA) is 50.8 Å². The fourth-order valence-corrected chi connectivity index (χ4v) is 1.97. The lowest BCUT2D eigenvalue weighted by molar-refractivity contribution is -0.131. The average molecular weight is 294 g/mol. The van der Waals surface area contributed by atoms with E-state index in [1.807, 2.05) is 25.1 Å². The predicted octanol–water partition coefficient (Wildman–Crippen LogP) is 2.22. The van der Waals surface area contributed by atoms with Crippen molar-refractivity contribution in [1.82, 2.24) is 10.2 Å². The molecule has 0 aliphatic rings. The minimum absolute atomic E-state index is 0.0311. The molecule has 0 bridgehead atoms. The number of nitrogens with zero attached hydrogens (tertiary/aromatic N) is 1. The molecule has 1 aromatic rings. The van der Waals surface area contributed by atoms with Crippen LogP contribution in [0.25, 0.3) is 0 Å². The average Bonchev–Trinajstić information content (AvgIpc) is 2.51. The van der Waals surface area contributed by atoms with Crippen molar-refractivity contribution in [3.05, 3.63) is 23.8 Å². The molecule has 1 unspecified atom stereocenters. The van der Waals surface area contributed by atoms with Crippen molar-refractivity contribution in [2.24, 2.45) is 0 Å². The second-order valence-corrected chi connectivity index (χ2v) is 4.88. The van der Waals surface area contributed by atoms with E-state index < -0.39 is 0 Å². The van der Waals surface area contributed by atoms with Crippen LogP contribution < -0.4 is 14.8 Å². The lowest BCUT2D eigenvalue weighted by Gasteiger charge is -2.20. The molecule has 21 heavy (non-hydrogen) atoms. The van der Waals surface area contributed by atoms with E-state index >= 15 is 0 Å². The second kappa shape index (κ2) is 8.52. The lowest BCUT2D eigenvalue weighted by Crippen LogP contribution is -2.31. The number of carbonyl (C=O) groups is 1. The molecule has 0 aromatic heterocycles. The van der Waals surface area contributed by atoms with Gasteiger partial charge in [0.25, 0.3) is 5.91 Å². The van der Waals surface area contributed by atoms with Gasteiger partial charge in [0, 0.05) is 31.3 Å². The fraction of sp³-hybridized carbons (Fsp3) is 0.562. The van der Waals surface area contributed by atoms with Gasteiger partial charge < -0.3 is 19.7 Å². The Balaban J connectivity index is 2.88. The summed E-state index contributed by atoms with van der Waals surface area (Å²) in [6.07, 6.45) is 0. The van der Waals surface area contributed by atoms with Gasteiger partial charge in [0.05, 0.1) is 7.11 Å². The molecular formula is C16H26N2O3. The van der Waals surface area contributed by atoms with Crippen molar-refractivity contribution in [2.75, 3.05) is 33.9 Å². The Morgan fingerprint density at radius 2 is 2.10 bits per heavy atom. The highest BCUT2D eigenvalue weighted by molar-refractivity contribution is 5.77. The van der Waals surface area contributed by atoms with Crippen molar-refractivity contribution in [3.63, 3.8) is 0 Å². The summed E-state index contributed by atoms with van der Waals surface area (Å²) in [4.78, 5) is 13.5. The number of benzene rings is 1. The van der Waals surface area contributed by atoms with Crippen LogP contribution >= 0.6 is 0 Å². The van der Waals surface area contributed by atoms with Crippen molar-refractivity contribution in [1.29, 1.82) is 0 Å². The monoisotopic (exact) mass is 294 g/mol. The van der Waals surface area contributed by atoms with Crippen molar-refractivity contribution >= 4 is 5.91 Å². The van der Waals surface area contributed by atoms with E-state index in [9.17, 15) is 4.79 Å². The molecular weight excluding hydrogens is 268 g/mol. The van der Waals surface area contributed by atoms with E-state index in [0.29, 0.717) is 18.0 Å². The molecule has 0 saturated heterocycles. The van der Waals surface area contributed by atoms with Gasteiger partial charge in [-0.15, -0.1) is 0 Å². The summed E-state index contributed by atoms with van der Waals surface area (Å²) in [5.74, 6) is 1.36. The van der Waals surface area contributed by atoms with Crippen LogP contribution in [0.3, 0.4) is 0 Å². The highest BCUT2D eigenvalue weighted by Gasteiger charge is 2.14. The van der Waals surface area contributed by atoms with Gasteiger partial charge in [0.1, 0.15) is 11.5 Å². The van der Waals surface area contributed by atoms with Gasteiger partial charge in [-0.05, 0) is 26.5 Å². The molecule has 0 saturated carbocycles. The van der Waals surface area contributed by atoms with Gasteiger partial charge in [-0.2, -0.15) is 0 Å². The molecule has 1 atom stereocenters. The van der Waals surface area contributed by atoms with Gasteiger partial charge in [-0.3, -0.25) is 4.79 Å². The molecule has 1 amide bonds. The molecule has 1 N–H and O–H groups in total. The minimum Gasteiger partial charge on any atom is -0.497 e. The Kier molecular flexibility index (Phi) is 7.02. The number of carbonyl (C=O) groups excluding carboxylic acids is 1. The van der Waals surface area contributed by atoms with Crippen LogP contribution in [0.1, 0.15) is 32.4 Å². The maximum absolute atomic E-state index is 11.9. The number of methoxy groups -OCH3 is 1. The molecule has 1 aromatic carbocycles. The van der Waals surface area contributed by atoms with Crippen molar-refractivity contribution in [2.45, 2.75) is 26.8 Å². The third kappa shape index (κ3) is 4.93. The van der Waals surface area contributed by atoms with Crippen LogP contribution in [-0.2, 0) is 4.79 Å². The molecule has 118 valence electrons. The molecule has 5 nitrogen and oxygen atoms in total. The Bertz CT molecular complexity index is 463. The standard InChI is InChI=1S/C16H26N2O3/c1-6-17-12(3)14-9-8-13(20-5)10-15(14)21-11-16(19)18(4)7-2/h8-10,12,17H,6-7,11H2,1-5H3. The van der Waals surface area contributed by atoms with Crippen molar-refractivity contribution in [3.8, 4) is 11.5 Å². The second-order valence-electron chi connectivity index (χ2n) is 4.88. The Hall–Kier alpha value is -1.75. The van der Waals surface area contributed by atoms with Gasteiger partial charge in [0.2, 0.25) is 0 Å². The third-order valence-corrected chi connectivity index (χ3v) is 3.45. The number of hydrogen-bond acceptors (Lipinski definition) is 4. The molecule has 0 aliphatic carbocycles. The first-order valence-corrected chi connectivity index (χ1v) is 7.31. The number of hydrogen-bond donors (Lipinski definition) is 1. The van der Waals surface area contributed by atoms with E-state index in [2.05, 4.69) is 19.2 Å². The molecule has 5 heteroatoms. The van der Waals surface area contributed by atoms with E-state index in [4.69, 9.17) is 9.47 Å². The van der Waals surface area contributed by atoms with Gasteiger partial charge >= 0.3 is 0 Å². The van der Waals surface area contributed by atoms with E-state index in [1.165, 1.54) is 0 Å². The summed E-state index contributed by atoms with van der Waals surface area (Å²) in [5.41, 5.74) is 1.02. The van der Waals surface area contributed by atoms with Crippen molar-refractivity contribution < 1.29 is 14.3 Å². The summed E-state index contributed by atoms with van der Waals surface area (Å²) in [7, 11) is 3.38. The minimum atomic E-state index is -0.0395. The molecule has 1 rings (SSSR count). The van der Waals surface area contributed by atoms with Gasteiger partial charge in [-0.25, -0.2) is 0 Å². The highest BCUT2D eigenvalue weighted by Crippen LogP contribution is 2.29. The summed E-state index contributed by atoms with van der Waals surface area (Å²) in [5, 5.41) is 3.35. The zero-order chi connectivity index (χ0) is 15.8. The smallest absolute Gasteiger partial charge is 0.260 e. The van der Waals surface area contributed by atoms with Gasteiger partial charge in [0.15, 0.2) is 6.61 Å². The number of rotatable bonds is 8. The first kappa shape index (κ1) is 17.3. The predicted molar refractivity (Wildman–Crippen MR) is 83.9 cm³/mol. The SMILES string of the molecule is CCNC(C)c1ccc(OC)cc1OCC(=O)N(C)CC. The number of ether oxygens (including phenoxy) is 2. The Morgan fingerprint density at radius 3 is 2.67 bits per heavy atom. The van der Waals surface area contributed by atoms with E-state index in [1.54, 1.807) is 19.1 Å². The first-order chi connectivity index (χ1) is 10.0. The van der Waals surface area contributed by atoms with Crippen LogP contribution in [0.15, 0.2) is 18.2 Å². The lowest BCUT2D eigenvalue weighted by atomic mass is 10.1. The molecule has 0 spiro atoms. The summed E-state index contributed by atoms with van der Waals surface area (Å²) in [6.45, 7) is 7.62. The van der Waals surface area contributed by atoms with Crippen LogP contribution in [-0.4, -0.2) is 44.7 Å². The van der Waals surface area contributed by atoms with E-state index in [0.717, 1.165) is 12.1 Å². The fourth-order valence-electron chi connectivity index (χ4n) is 1.97. The summed E-state index contributed by atoms with van der Waals surface area (Å²) in [6, 6.07) is 5.84. The van der Waals surface area contributed by atoms with E-state index in [-0.39, 0.29) is 18.6 Å². The summed E-state index contributed by atoms with van der Waals surface area (Å²) >= 11 is 0. The highest BCUT2D eigenvalue weighted by atomic mass is 16.5. The van der Waals surface area contributed by atoms with Crippen LogP contribution in [0.5, 0.6) is 11.5 Å². The maximum atomic E-state index is 11.9. The molecule has 0 heterocycles.